The first-order chi connectivity index (χ1) is 28.3. The van der Waals surface area contributed by atoms with Crippen molar-refractivity contribution in [1.29, 1.82) is 0 Å². The molecular weight excluding hydrogens is 776 g/mol. The van der Waals surface area contributed by atoms with Crippen molar-refractivity contribution in [3.05, 3.63) is 34.9 Å². The number of nitrogens with zero attached hydrogens (tertiary/aromatic N) is 3. The van der Waals surface area contributed by atoms with Crippen molar-refractivity contribution >= 4 is 48.6 Å². The van der Waals surface area contributed by atoms with Crippen LogP contribution in [-0.4, -0.2) is 116 Å². The van der Waals surface area contributed by atoms with Gasteiger partial charge in [-0.1, -0.05) is 112 Å². The van der Waals surface area contributed by atoms with Crippen LogP contribution in [0.5, 0.6) is 0 Å². The highest BCUT2D eigenvalue weighted by atomic mass is 32.2. The average Bonchev–Trinajstić information content (AvgIpc) is 3.27. The van der Waals surface area contributed by atoms with E-state index in [0.29, 0.717) is 48.6 Å². The predicted octanol–water partition coefficient (Wildman–Crippen LogP) is 7.90. The summed E-state index contributed by atoms with van der Waals surface area (Å²) in [5, 5.41) is 26.0. The number of carbonyl (C=O) groups is 4. The number of aliphatic hydroxyl groups is 2. The summed E-state index contributed by atoms with van der Waals surface area (Å²) in [4.78, 5) is 49.7. The summed E-state index contributed by atoms with van der Waals surface area (Å²) >= 11 is 0.147. The van der Waals surface area contributed by atoms with Gasteiger partial charge >= 0.3 is 5.97 Å². The Labute approximate surface area is 363 Å². The summed E-state index contributed by atoms with van der Waals surface area (Å²) < 4.78 is 13.6. The molecule has 1 unspecified atom stereocenters. The quantitative estimate of drug-likeness (QED) is 0.0254. The topological polar surface area (TPSA) is 212 Å². The number of nitrogens with two attached hydrogens (primary N) is 2. The smallest absolute Gasteiger partial charge is 0.317 e. The first-order valence-corrected chi connectivity index (χ1v) is 21.7. The van der Waals surface area contributed by atoms with Crippen LogP contribution in [0.4, 0.5) is 3.89 Å². The third kappa shape index (κ3) is 47.2. The number of carboxylic acid groups (broad SMARTS) is 1. The SMILES string of the molecule is CCC=O.CCC=O.CCCCCCC(C)CC.CCCN(CCN(CCC)CC(=O)NCc1ccc(/C(N)=C(/C)CC)cc1SF)CC(=O)O.CN=CN.CO.CO. The number of benzene rings is 1. The number of amides is 1. The van der Waals surface area contributed by atoms with Crippen LogP contribution in [0.25, 0.3) is 5.70 Å². The fourth-order valence-electron chi connectivity index (χ4n) is 4.60. The van der Waals surface area contributed by atoms with Crippen molar-refractivity contribution in [3.8, 4) is 0 Å². The number of unbranched alkanes of at least 4 members (excludes halogenated alkanes) is 3. The monoisotopic (exact) mass is 863 g/mol. The number of nitrogens with one attached hydrogen (secondary N) is 1. The fourth-order valence-corrected chi connectivity index (χ4v) is 5.01. The van der Waals surface area contributed by atoms with Gasteiger partial charge in [-0.25, -0.2) is 0 Å². The summed E-state index contributed by atoms with van der Waals surface area (Å²) in [5.41, 5.74) is 14.1. The lowest BCUT2D eigenvalue weighted by atomic mass is 10.0. The van der Waals surface area contributed by atoms with E-state index in [-0.39, 0.29) is 37.7 Å². The minimum absolute atomic E-state index is 0.00282. The highest BCUT2D eigenvalue weighted by Gasteiger charge is 2.15. The Bertz CT molecular complexity index is 1150. The number of aliphatic hydroxyl groups excluding tert-OH is 2. The van der Waals surface area contributed by atoms with Gasteiger partial charge in [0, 0.05) is 64.3 Å². The van der Waals surface area contributed by atoms with Crippen LogP contribution in [0.2, 0.25) is 0 Å². The highest BCUT2D eigenvalue weighted by molar-refractivity contribution is 7.94. The van der Waals surface area contributed by atoms with Gasteiger partial charge in [-0.05, 0) is 62.4 Å². The zero-order valence-electron chi connectivity index (χ0n) is 39.0. The molecule has 1 amide bonds. The Hall–Kier alpha value is -3.37. The average molecular weight is 863 g/mol. The van der Waals surface area contributed by atoms with Crippen LogP contribution in [0.3, 0.4) is 0 Å². The summed E-state index contributed by atoms with van der Waals surface area (Å²) in [6.45, 7) is 21.6. The van der Waals surface area contributed by atoms with Crippen molar-refractivity contribution in [1.82, 2.24) is 15.1 Å². The number of hydrogen-bond donors (Lipinski definition) is 6. The number of hydrogen-bond acceptors (Lipinski definition) is 11. The molecule has 0 fully saturated rings. The lowest BCUT2D eigenvalue weighted by Gasteiger charge is -2.26. The second-order valence-electron chi connectivity index (χ2n) is 13.1. The second kappa shape index (κ2) is 54.6. The molecule has 1 atom stereocenters. The Balaban J connectivity index is -0.000000219. The number of aliphatic imine (C=N–C) groups is 1. The predicted molar refractivity (Wildman–Crippen MR) is 249 cm³/mol. The molecule has 1 rings (SSSR count). The third-order valence-electron chi connectivity index (χ3n) is 8.20. The molecule has 0 saturated carbocycles. The number of rotatable bonds is 24. The van der Waals surface area contributed by atoms with Crippen molar-refractivity contribution in [3.63, 3.8) is 0 Å². The van der Waals surface area contributed by atoms with Crippen LogP contribution >= 0.6 is 12.1 Å². The Morgan fingerprint density at radius 2 is 1.36 bits per heavy atom. The van der Waals surface area contributed by atoms with Crippen LogP contribution in [0, 0.1) is 5.92 Å². The van der Waals surface area contributed by atoms with Crippen LogP contribution in [-0.2, 0) is 25.7 Å². The van der Waals surface area contributed by atoms with Gasteiger partial charge in [0.25, 0.3) is 0 Å². The van der Waals surface area contributed by atoms with E-state index in [1.165, 1.54) is 44.9 Å². The molecule has 13 nitrogen and oxygen atoms in total. The minimum atomic E-state index is -0.849. The van der Waals surface area contributed by atoms with E-state index in [1.54, 1.807) is 19.2 Å². The molecule has 1 aromatic rings. The Morgan fingerprint density at radius 3 is 1.73 bits per heavy atom. The van der Waals surface area contributed by atoms with Crippen molar-refractivity contribution in [2.24, 2.45) is 22.4 Å². The van der Waals surface area contributed by atoms with Gasteiger partial charge < -0.3 is 41.7 Å². The molecule has 0 aliphatic carbocycles. The molecule has 348 valence electrons. The molecule has 0 radical (unpaired) electrons. The molecule has 15 heteroatoms. The molecule has 1 aromatic carbocycles. The summed E-state index contributed by atoms with van der Waals surface area (Å²) in [7, 11) is 3.62. The standard InChI is InChI=1S/C24H39FN4O3S.C10H22.2C3H6O.C2H6N2.2CH4O/c1-5-10-28(12-13-29(11-6-2)17-23(31)32)16-22(30)27-15-20-9-8-19(14-21(20)33-25)24(26)18(4)7-3;1-4-6-7-8-9-10(3)5-2;2*1-2-3-4;1-4-2-3;2*1-2/h8-9,14H,5-7,10-13,15-17,26H2,1-4H3,(H,27,30)(H,31,32);10H,4-9H2,1-3H3;2*3H,2H2,1H3;2H,1H3,(H2,3,4);2*2H,1H3/b24-18+;;;;;;. The van der Waals surface area contributed by atoms with Gasteiger partial charge in [-0.3, -0.25) is 24.4 Å². The van der Waals surface area contributed by atoms with E-state index in [1.807, 2.05) is 57.4 Å². The fraction of sp³-hybridized carbons (Fsp3) is 0.705. The van der Waals surface area contributed by atoms with E-state index in [4.69, 9.17) is 26.8 Å². The highest BCUT2D eigenvalue weighted by Crippen LogP contribution is 2.28. The van der Waals surface area contributed by atoms with E-state index in [2.05, 4.69) is 31.1 Å². The van der Waals surface area contributed by atoms with Gasteiger partial charge in [0.05, 0.1) is 31.6 Å². The van der Waals surface area contributed by atoms with Crippen molar-refractivity contribution in [2.75, 3.05) is 60.5 Å². The Morgan fingerprint density at radius 1 is 0.864 bits per heavy atom. The minimum Gasteiger partial charge on any atom is -0.480 e. The molecule has 0 spiro atoms. The molecule has 8 N–H and O–H groups in total. The maximum Gasteiger partial charge on any atom is 0.317 e. The lowest BCUT2D eigenvalue weighted by Crippen LogP contribution is -2.42. The largest absolute Gasteiger partial charge is 0.480 e. The third-order valence-corrected chi connectivity index (χ3v) is 8.74. The second-order valence-corrected chi connectivity index (χ2v) is 13.7. The van der Waals surface area contributed by atoms with Gasteiger partial charge in [-0.15, -0.1) is 0 Å². The zero-order valence-corrected chi connectivity index (χ0v) is 39.8. The molecular formula is C44H87FN6O7S. The zero-order chi connectivity index (χ0) is 46.9. The molecule has 0 heterocycles. The van der Waals surface area contributed by atoms with Crippen LogP contribution < -0.4 is 16.8 Å². The van der Waals surface area contributed by atoms with Crippen LogP contribution in [0.15, 0.2) is 33.7 Å². The molecule has 0 bridgehead atoms. The van der Waals surface area contributed by atoms with Gasteiger partial charge in [0.1, 0.15) is 12.6 Å². The van der Waals surface area contributed by atoms with Crippen LogP contribution in [0.1, 0.15) is 144 Å². The number of halogens is 1. The molecule has 0 aliphatic rings. The molecule has 59 heavy (non-hydrogen) atoms. The first kappa shape index (κ1) is 67.4. The van der Waals surface area contributed by atoms with Crippen molar-refractivity contribution < 1.29 is 38.4 Å². The molecule has 0 aromatic heterocycles. The Kier molecular flexibility index (Phi) is 62.4. The maximum absolute atomic E-state index is 13.6. The van der Waals surface area contributed by atoms with Gasteiger partial charge in [0.15, 0.2) is 0 Å². The van der Waals surface area contributed by atoms with Gasteiger partial charge in [-0.2, -0.15) is 3.89 Å². The number of carboxylic acids is 1. The number of aliphatic carboxylic acids is 1. The van der Waals surface area contributed by atoms with E-state index < -0.39 is 5.97 Å². The number of allylic oxidation sites excluding steroid dienone is 1. The summed E-state index contributed by atoms with van der Waals surface area (Å²) in [6, 6.07) is 5.37. The summed E-state index contributed by atoms with van der Waals surface area (Å²) in [5.74, 6) is -0.0430. The van der Waals surface area contributed by atoms with E-state index >= 15 is 0 Å². The molecule has 0 aliphatic heterocycles. The van der Waals surface area contributed by atoms with E-state index in [9.17, 15) is 23.1 Å². The lowest BCUT2D eigenvalue weighted by molar-refractivity contribution is -0.138. The van der Waals surface area contributed by atoms with E-state index in [0.717, 1.165) is 69.7 Å². The summed E-state index contributed by atoms with van der Waals surface area (Å²) in [6.07, 6.45) is 15.3. The normalized spacial score (nSPS) is 10.8. The first-order valence-electron chi connectivity index (χ1n) is 21.0. The van der Waals surface area contributed by atoms with Gasteiger partial charge in [0.2, 0.25) is 5.91 Å². The molecule has 0 saturated heterocycles. The number of carbonyl (C=O) groups excluding carboxylic acids is 3. The van der Waals surface area contributed by atoms with Crippen molar-refractivity contribution in [2.45, 2.75) is 144 Å². The maximum atomic E-state index is 13.6. The number of aldehydes is 2.